The van der Waals surface area contributed by atoms with Gasteiger partial charge in [-0.05, 0) is 12.3 Å². The van der Waals surface area contributed by atoms with E-state index >= 15 is 0 Å². The number of hydrogen-bond acceptors (Lipinski definition) is 4. The van der Waals surface area contributed by atoms with Gasteiger partial charge in [0.1, 0.15) is 0 Å². The molecule has 0 aromatic heterocycles. The van der Waals surface area contributed by atoms with Gasteiger partial charge in [-0.1, -0.05) is 33.6 Å². The van der Waals surface area contributed by atoms with Crippen LogP contribution in [0.4, 0.5) is 0 Å². The van der Waals surface area contributed by atoms with E-state index in [4.69, 9.17) is 0 Å². The summed E-state index contributed by atoms with van der Waals surface area (Å²) >= 11 is 0. The third kappa shape index (κ3) is 4.05. The predicted octanol–water partition coefficient (Wildman–Crippen LogP) is 1.57. The van der Waals surface area contributed by atoms with Crippen LogP contribution in [0, 0.1) is 5.92 Å². The van der Waals surface area contributed by atoms with Crippen molar-refractivity contribution in [3.63, 3.8) is 0 Å². The molecule has 1 heterocycles. The third-order valence-corrected chi connectivity index (χ3v) is 3.64. The first-order valence-electron chi connectivity index (χ1n) is 7.71. The van der Waals surface area contributed by atoms with Crippen LogP contribution in [0.5, 0.6) is 0 Å². The molecule has 0 saturated carbocycles. The van der Waals surface area contributed by atoms with Crippen molar-refractivity contribution in [2.45, 2.75) is 65.3 Å². The van der Waals surface area contributed by atoms with E-state index in [9.17, 15) is 24.3 Å². The monoisotopic (exact) mass is 312 g/mol. The van der Waals surface area contributed by atoms with Crippen LogP contribution in [0.2, 0.25) is 0 Å². The number of hydrazine groups is 1. The molecule has 0 radical (unpaired) electrons. The minimum absolute atomic E-state index is 0.0159. The van der Waals surface area contributed by atoms with Crippen LogP contribution in [-0.2, 0) is 19.2 Å². The molecule has 1 N–H and O–H groups in total. The molecule has 1 atom stereocenters. The van der Waals surface area contributed by atoms with Crippen molar-refractivity contribution in [3.05, 3.63) is 0 Å². The number of carboxylic acids is 1. The fourth-order valence-electron chi connectivity index (χ4n) is 2.51. The lowest BCUT2D eigenvalue weighted by atomic mass is 10.0. The summed E-state index contributed by atoms with van der Waals surface area (Å²) in [6.07, 6.45) is 2.51. The molecular weight excluding hydrogens is 288 g/mol. The molecule has 1 fully saturated rings. The second kappa shape index (κ2) is 7.91. The second-order valence-corrected chi connectivity index (χ2v) is 5.82. The van der Waals surface area contributed by atoms with Crippen molar-refractivity contribution in [1.82, 2.24) is 10.0 Å². The Morgan fingerprint density at radius 3 is 2.14 bits per heavy atom. The van der Waals surface area contributed by atoms with Crippen molar-refractivity contribution in [1.29, 1.82) is 0 Å². The standard InChI is InChI=1S/C15H24N2O5/c1-4-5-6-7-11(18)17(14(10(2)3)15(21)22)16-12(19)8-9-13(16)20/h10,14H,4-9H2,1-3H3,(H,21,22). The molecule has 0 bridgehead atoms. The zero-order valence-electron chi connectivity index (χ0n) is 13.4. The van der Waals surface area contributed by atoms with Gasteiger partial charge < -0.3 is 5.11 Å². The number of rotatable bonds is 8. The number of nitrogens with zero attached hydrogens (tertiary/aromatic N) is 2. The average molecular weight is 312 g/mol. The van der Waals surface area contributed by atoms with Gasteiger partial charge in [-0.25, -0.2) is 9.80 Å². The van der Waals surface area contributed by atoms with E-state index in [0.717, 1.165) is 22.9 Å². The maximum atomic E-state index is 12.5. The Morgan fingerprint density at radius 1 is 1.18 bits per heavy atom. The summed E-state index contributed by atoms with van der Waals surface area (Å²) in [5, 5.41) is 11.0. The largest absolute Gasteiger partial charge is 0.480 e. The van der Waals surface area contributed by atoms with Gasteiger partial charge in [0.05, 0.1) is 0 Å². The van der Waals surface area contributed by atoms with Crippen molar-refractivity contribution in [3.8, 4) is 0 Å². The number of aliphatic carboxylic acids is 1. The van der Waals surface area contributed by atoms with E-state index in [2.05, 4.69) is 0 Å². The first kappa shape index (κ1) is 18.1. The molecule has 0 spiro atoms. The Bertz CT molecular complexity index is 445. The molecule has 1 aliphatic rings. The maximum Gasteiger partial charge on any atom is 0.328 e. The molecule has 7 nitrogen and oxygen atoms in total. The smallest absolute Gasteiger partial charge is 0.328 e. The van der Waals surface area contributed by atoms with Gasteiger partial charge in [-0.2, -0.15) is 5.01 Å². The Kier molecular flexibility index (Phi) is 6.52. The van der Waals surface area contributed by atoms with Crippen LogP contribution in [-0.4, -0.2) is 44.9 Å². The fourth-order valence-corrected chi connectivity index (χ4v) is 2.51. The van der Waals surface area contributed by atoms with E-state index < -0.39 is 35.7 Å². The van der Waals surface area contributed by atoms with Gasteiger partial charge >= 0.3 is 5.97 Å². The van der Waals surface area contributed by atoms with E-state index in [1.54, 1.807) is 13.8 Å². The number of amides is 3. The average Bonchev–Trinajstić information content (AvgIpc) is 2.74. The highest BCUT2D eigenvalue weighted by Crippen LogP contribution is 2.23. The molecule has 1 aliphatic heterocycles. The Labute approximate surface area is 130 Å². The topological polar surface area (TPSA) is 95.0 Å². The fraction of sp³-hybridized carbons (Fsp3) is 0.733. The van der Waals surface area contributed by atoms with Gasteiger partial charge in [0.25, 0.3) is 0 Å². The summed E-state index contributed by atoms with van der Waals surface area (Å²) < 4.78 is 0. The molecule has 0 aliphatic carbocycles. The molecule has 1 unspecified atom stereocenters. The Hall–Kier alpha value is -1.92. The van der Waals surface area contributed by atoms with Gasteiger partial charge in [-0.15, -0.1) is 0 Å². The highest BCUT2D eigenvalue weighted by Gasteiger charge is 2.43. The molecule has 7 heteroatoms. The van der Waals surface area contributed by atoms with Crippen molar-refractivity contribution >= 4 is 23.7 Å². The highest BCUT2D eigenvalue weighted by molar-refractivity contribution is 6.03. The van der Waals surface area contributed by atoms with Gasteiger partial charge in [0.15, 0.2) is 6.04 Å². The van der Waals surface area contributed by atoms with Gasteiger partial charge in [0.2, 0.25) is 17.7 Å². The summed E-state index contributed by atoms with van der Waals surface area (Å²) in [5.41, 5.74) is 0. The predicted molar refractivity (Wildman–Crippen MR) is 78.3 cm³/mol. The van der Waals surface area contributed by atoms with Crippen LogP contribution in [0.15, 0.2) is 0 Å². The minimum atomic E-state index is -1.22. The molecule has 0 aromatic carbocycles. The summed E-state index contributed by atoms with van der Waals surface area (Å²) in [6, 6.07) is -1.22. The van der Waals surface area contributed by atoms with E-state index in [0.29, 0.717) is 6.42 Å². The van der Waals surface area contributed by atoms with E-state index in [1.165, 1.54) is 0 Å². The van der Waals surface area contributed by atoms with Gasteiger partial charge in [-0.3, -0.25) is 14.4 Å². The number of hydrogen-bond donors (Lipinski definition) is 1. The van der Waals surface area contributed by atoms with Crippen LogP contribution < -0.4 is 0 Å². The minimum Gasteiger partial charge on any atom is -0.480 e. The number of carbonyl (C=O) groups is 4. The second-order valence-electron chi connectivity index (χ2n) is 5.82. The highest BCUT2D eigenvalue weighted by atomic mass is 16.4. The SMILES string of the molecule is CCCCCC(=O)N(C(C(=O)O)C(C)C)N1C(=O)CCC1=O. The number of carbonyl (C=O) groups excluding carboxylic acids is 3. The molecule has 22 heavy (non-hydrogen) atoms. The van der Waals surface area contributed by atoms with Crippen LogP contribution in [0.1, 0.15) is 59.3 Å². The lowest BCUT2D eigenvalue weighted by Gasteiger charge is -2.36. The Morgan fingerprint density at radius 2 is 1.73 bits per heavy atom. The maximum absolute atomic E-state index is 12.5. The first-order valence-corrected chi connectivity index (χ1v) is 7.71. The van der Waals surface area contributed by atoms with Crippen molar-refractivity contribution in [2.24, 2.45) is 5.92 Å². The molecule has 1 rings (SSSR count). The molecule has 124 valence electrons. The Balaban J connectivity index is 3.08. The summed E-state index contributed by atoms with van der Waals surface area (Å²) in [6.45, 7) is 5.29. The van der Waals surface area contributed by atoms with Gasteiger partial charge in [0, 0.05) is 19.3 Å². The number of unbranched alkanes of at least 4 members (excludes halogenated alkanes) is 2. The first-order chi connectivity index (χ1) is 10.3. The van der Waals surface area contributed by atoms with Crippen LogP contribution in [0.25, 0.3) is 0 Å². The zero-order chi connectivity index (χ0) is 16.9. The van der Waals surface area contributed by atoms with Crippen molar-refractivity contribution < 1.29 is 24.3 Å². The third-order valence-electron chi connectivity index (χ3n) is 3.64. The lowest BCUT2D eigenvalue weighted by Crippen LogP contribution is -2.58. The summed E-state index contributed by atoms with van der Waals surface area (Å²) in [5.74, 6) is -3.15. The molecule has 0 aromatic rings. The molecular formula is C15H24N2O5. The lowest BCUT2D eigenvalue weighted by molar-refractivity contribution is -0.180. The van der Waals surface area contributed by atoms with Crippen LogP contribution in [0.3, 0.4) is 0 Å². The molecule has 3 amide bonds. The number of carboxylic acid groups (broad SMARTS) is 1. The quantitative estimate of drug-likeness (QED) is 0.542. The summed E-state index contributed by atoms with van der Waals surface area (Å²) in [4.78, 5) is 47.9. The van der Waals surface area contributed by atoms with E-state index in [-0.39, 0.29) is 19.3 Å². The zero-order valence-corrected chi connectivity index (χ0v) is 13.4. The number of imide groups is 1. The van der Waals surface area contributed by atoms with Crippen molar-refractivity contribution in [2.75, 3.05) is 0 Å². The van der Waals surface area contributed by atoms with Crippen LogP contribution >= 0.6 is 0 Å². The van der Waals surface area contributed by atoms with E-state index in [1.807, 2.05) is 6.92 Å². The normalized spacial score (nSPS) is 16.3. The molecule has 1 saturated heterocycles. The summed E-state index contributed by atoms with van der Waals surface area (Å²) in [7, 11) is 0.